The summed E-state index contributed by atoms with van der Waals surface area (Å²) in [5, 5.41) is 0. The number of hydrogen-bond acceptors (Lipinski definition) is 5. The lowest BCUT2D eigenvalue weighted by Gasteiger charge is -2.14. The Hall–Kier alpha value is -2.82. The number of ketones is 1. The van der Waals surface area contributed by atoms with Crippen LogP contribution < -0.4 is 9.47 Å². The van der Waals surface area contributed by atoms with Crippen molar-refractivity contribution in [1.29, 1.82) is 0 Å². The van der Waals surface area contributed by atoms with Crippen molar-refractivity contribution in [3.8, 4) is 11.5 Å². The molecule has 0 aromatic heterocycles. The van der Waals surface area contributed by atoms with Gasteiger partial charge in [-0.1, -0.05) is 31.2 Å². The predicted octanol–water partition coefficient (Wildman–Crippen LogP) is 3.69. The van der Waals surface area contributed by atoms with Crippen molar-refractivity contribution in [3.63, 3.8) is 0 Å². The zero-order valence-corrected chi connectivity index (χ0v) is 14.9. The minimum absolute atomic E-state index is 0.239. The number of hydrogen-bond donors (Lipinski definition) is 0. The molecule has 2 rings (SSSR count). The van der Waals surface area contributed by atoms with Crippen molar-refractivity contribution in [3.05, 3.63) is 59.2 Å². The Labute approximate surface area is 147 Å². The number of aryl methyl sites for hydroxylation is 1. The average molecular weight is 342 g/mol. The van der Waals surface area contributed by atoms with E-state index in [1.165, 1.54) is 20.3 Å². The zero-order valence-electron chi connectivity index (χ0n) is 14.9. The van der Waals surface area contributed by atoms with Crippen LogP contribution in [0.4, 0.5) is 0 Å². The van der Waals surface area contributed by atoms with Crippen LogP contribution in [-0.4, -0.2) is 32.1 Å². The lowest BCUT2D eigenvalue weighted by Crippen LogP contribution is -2.24. The number of carbonyl (C=O) groups is 2. The van der Waals surface area contributed by atoms with Crippen molar-refractivity contribution < 1.29 is 23.8 Å². The maximum absolute atomic E-state index is 12.4. The van der Waals surface area contributed by atoms with Gasteiger partial charge in [-0.25, -0.2) is 4.79 Å². The highest BCUT2D eigenvalue weighted by Gasteiger charge is 2.21. The number of methoxy groups -OCH3 is 2. The van der Waals surface area contributed by atoms with E-state index in [0.717, 1.165) is 12.0 Å². The van der Waals surface area contributed by atoms with Crippen LogP contribution in [0, 0.1) is 0 Å². The highest BCUT2D eigenvalue weighted by atomic mass is 16.5. The molecule has 0 aliphatic heterocycles. The van der Waals surface area contributed by atoms with Gasteiger partial charge in [-0.05, 0) is 37.1 Å². The Balaban J connectivity index is 2.09. The highest BCUT2D eigenvalue weighted by molar-refractivity contribution is 6.01. The van der Waals surface area contributed by atoms with E-state index in [-0.39, 0.29) is 5.78 Å². The van der Waals surface area contributed by atoms with Crippen molar-refractivity contribution in [2.75, 3.05) is 14.2 Å². The Morgan fingerprint density at radius 3 is 2.08 bits per heavy atom. The van der Waals surface area contributed by atoms with Gasteiger partial charge in [-0.3, -0.25) is 4.79 Å². The third-order valence-corrected chi connectivity index (χ3v) is 3.92. The molecule has 0 aliphatic rings. The largest absolute Gasteiger partial charge is 0.493 e. The monoisotopic (exact) mass is 342 g/mol. The summed E-state index contributed by atoms with van der Waals surface area (Å²) >= 11 is 0. The summed E-state index contributed by atoms with van der Waals surface area (Å²) in [6.07, 6.45) is 0.0197. The van der Waals surface area contributed by atoms with Crippen LogP contribution in [0.1, 0.15) is 40.1 Å². The van der Waals surface area contributed by atoms with Crippen LogP contribution >= 0.6 is 0 Å². The number of esters is 1. The summed E-state index contributed by atoms with van der Waals surface area (Å²) in [4.78, 5) is 24.7. The molecule has 25 heavy (non-hydrogen) atoms. The van der Waals surface area contributed by atoms with Gasteiger partial charge in [0.05, 0.1) is 19.8 Å². The SMILES string of the molecule is CCc1ccc(C(=O)C(C)OC(=O)c2ccc(OC)c(OC)c2)cc1. The van der Waals surface area contributed by atoms with E-state index in [1.807, 2.05) is 19.1 Å². The van der Waals surface area contributed by atoms with E-state index in [1.54, 1.807) is 31.2 Å². The first-order valence-electron chi connectivity index (χ1n) is 8.06. The lowest BCUT2D eigenvalue weighted by atomic mass is 10.0. The molecule has 2 aromatic rings. The molecule has 0 fully saturated rings. The minimum atomic E-state index is -0.881. The molecule has 0 saturated carbocycles. The van der Waals surface area contributed by atoms with E-state index < -0.39 is 12.1 Å². The van der Waals surface area contributed by atoms with Crippen LogP contribution in [-0.2, 0) is 11.2 Å². The van der Waals surface area contributed by atoms with Crippen molar-refractivity contribution >= 4 is 11.8 Å². The first kappa shape index (κ1) is 18.5. The number of carbonyl (C=O) groups excluding carboxylic acids is 2. The van der Waals surface area contributed by atoms with Crippen LogP contribution in [0.25, 0.3) is 0 Å². The van der Waals surface area contributed by atoms with Gasteiger partial charge in [-0.15, -0.1) is 0 Å². The van der Waals surface area contributed by atoms with Gasteiger partial charge >= 0.3 is 5.97 Å². The summed E-state index contributed by atoms with van der Waals surface area (Å²) in [6, 6.07) is 12.0. The third-order valence-electron chi connectivity index (χ3n) is 3.92. The number of benzene rings is 2. The van der Waals surface area contributed by atoms with Gasteiger partial charge in [-0.2, -0.15) is 0 Å². The minimum Gasteiger partial charge on any atom is -0.493 e. The summed E-state index contributed by atoms with van der Waals surface area (Å²) in [5.41, 5.74) is 1.95. The van der Waals surface area contributed by atoms with Gasteiger partial charge in [0.2, 0.25) is 5.78 Å². The molecule has 1 atom stereocenters. The van der Waals surface area contributed by atoms with Gasteiger partial charge in [0.15, 0.2) is 17.6 Å². The van der Waals surface area contributed by atoms with E-state index in [4.69, 9.17) is 14.2 Å². The van der Waals surface area contributed by atoms with Crippen LogP contribution in [0.2, 0.25) is 0 Å². The molecule has 0 bridgehead atoms. The van der Waals surface area contributed by atoms with Crippen LogP contribution in [0.3, 0.4) is 0 Å². The summed E-state index contributed by atoms with van der Waals surface area (Å²) < 4.78 is 15.6. The van der Waals surface area contributed by atoms with Gasteiger partial charge in [0.25, 0.3) is 0 Å². The fourth-order valence-corrected chi connectivity index (χ4v) is 2.38. The fraction of sp³-hybridized carbons (Fsp3) is 0.300. The maximum atomic E-state index is 12.4. The highest BCUT2D eigenvalue weighted by Crippen LogP contribution is 2.28. The fourth-order valence-electron chi connectivity index (χ4n) is 2.38. The van der Waals surface area contributed by atoms with E-state index >= 15 is 0 Å². The average Bonchev–Trinajstić information content (AvgIpc) is 2.66. The summed E-state index contributed by atoms with van der Waals surface area (Å²) in [5.74, 6) is 0.105. The van der Waals surface area contributed by atoms with Crippen LogP contribution in [0.15, 0.2) is 42.5 Å². The Morgan fingerprint density at radius 2 is 1.52 bits per heavy atom. The van der Waals surface area contributed by atoms with Gasteiger partial charge in [0, 0.05) is 5.56 Å². The standard InChI is InChI=1S/C20H22O5/c1-5-14-6-8-15(9-7-14)19(21)13(2)25-20(22)16-10-11-17(23-3)18(12-16)24-4/h6-13H,5H2,1-4H3. The second kappa shape index (κ2) is 8.33. The molecule has 1 unspecified atom stereocenters. The molecule has 132 valence electrons. The molecule has 0 amide bonds. The molecule has 0 spiro atoms. The van der Waals surface area contributed by atoms with Gasteiger partial charge < -0.3 is 14.2 Å². The maximum Gasteiger partial charge on any atom is 0.338 e. The normalized spacial score (nSPS) is 11.5. The smallest absolute Gasteiger partial charge is 0.338 e. The molecule has 0 radical (unpaired) electrons. The molecule has 5 heteroatoms. The van der Waals surface area contributed by atoms with Gasteiger partial charge in [0.1, 0.15) is 0 Å². The Kier molecular flexibility index (Phi) is 6.17. The van der Waals surface area contributed by atoms with Crippen molar-refractivity contribution in [1.82, 2.24) is 0 Å². The second-order valence-electron chi connectivity index (χ2n) is 5.53. The topological polar surface area (TPSA) is 61.8 Å². The van der Waals surface area contributed by atoms with E-state index in [0.29, 0.717) is 22.6 Å². The lowest BCUT2D eigenvalue weighted by molar-refractivity contribution is 0.0318. The predicted molar refractivity (Wildman–Crippen MR) is 94.6 cm³/mol. The molecule has 5 nitrogen and oxygen atoms in total. The summed E-state index contributed by atoms with van der Waals surface area (Å²) in [6.45, 7) is 3.61. The molecular weight excluding hydrogens is 320 g/mol. The molecule has 0 heterocycles. The molecule has 0 saturated heterocycles. The number of rotatable bonds is 7. The quantitative estimate of drug-likeness (QED) is 0.567. The van der Waals surface area contributed by atoms with Crippen molar-refractivity contribution in [2.45, 2.75) is 26.4 Å². The number of Topliss-reactive ketones (excluding diaryl/α,β-unsaturated/α-hetero) is 1. The number of ether oxygens (including phenoxy) is 3. The Morgan fingerprint density at radius 1 is 0.920 bits per heavy atom. The van der Waals surface area contributed by atoms with Crippen molar-refractivity contribution in [2.24, 2.45) is 0 Å². The molecule has 2 aromatic carbocycles. The molecular formula is C20H22O5. The second-order valence-corrected chi connectivity index (χ2v) is 5.53. The van der Waals surface area contributed by atoms with E-state index in [2.05, 4.69) is 0 Å². The van der Waals surface area contributed by atoms with Crippen LogP contribution in [0.5, 0.6) is 11.5 Å². The third kappa shape index (κ3) is 4.38. The first-order valence-corrected chi connectivity index (χ1v) is 8.06. The molecule has 0 N–H and O–H groups in total. The van der Waals surface area contributed by atoms with E-state index in [9.17, 15) is 9.59 Å². The zero-order chi connectivity index (χ0) is 18.4. The molecule has 0 aliphatic carbocycles. The summed E-state index contributed by atoms with van der Waals surface area (Å²) in [7, 11) is 3.00. The Bertz CT molecular complexity index is 749. The first-order chi connectivity index (χ1) is 12.0.